The molecule has 1 heterocycles. The van der Waals surface area contributed by atoms with E-state index in [4.69, 9.17) is 0 Å². The third-order valence-corrected chi connectivity index (χ3v) is 4.32. The van der Waals surface area contributed by atoms with E-state index >= 15 is 0 Å². The van der Waals surface area contributed by atoms with Gasteiger partial charge in [-0.15, -0.1) is 0 Å². The SMILES string of the molecule is CC(C)(C)n1c(NC(=O)c2cc(F)ccc2Br)nc2ccccc21. The number of hydrogen-bond acceptors (Lipinski definition) is 2. The normalized spacial score (nSPS) is 11.7. The third-order valence-electron chi connectivity index (χ3n) is 3.63. The summed E-state index contributed by atoms with van der Waals surface area (Å²) in [6.07, 6.45) is 0. The smallest absolute Gasteiger partial charge is 0.259 e. The van der Waals surface area contributed by atoms with E-state index in [0.717, 1.165) is 11.0 Å². The molecule has 0 aliphatic carbocycles. The average molecular weight is 390 g/mol. The number of aromatic nitrogens is 2. The van der Waals surface area contributed by atoms with Crippen molar-refractivity contribution in [2.24, 2.45) is 0 Å². The van der Waals surface area contributed by atoms with Crippen LogP contribution in [0.5, 0.6) is 0 Å². The van der Waals surface area contributed by atoms with Gasteiger partial charge in [0.2, 0.25) is 5.95 Å². The fourth-order valence-electron chi connectivity index (χ4n) is 2.63. The molecule has 0 saturated carbocycles. The first-order valence-electron chi connectivity index (χ1n) is 7.52. The van der Waals surface area contributed by atoms with Gasteiger partial charge in [0, 0.05) is 10.0 Å². The molecule has 2 aromatic carbocycles. The first kappa shape index (κ1) is 16.6. The van der Waals surface area contributed by atoms with E-state index in [-0.39, 0.29) is 11.1 Å². The summed E-state index contributed by atoms with van der Waals surface area (Å²) in [5, 5.41) is 2.81. The molecule has 0 atom stereocenters. The van der Waals surface area contributed by atoms with E-state index in [2.05, 4.69) is 26.2 Å². The van der Waals surface area contributed by atoms with Crippen LogP contribution in [0.25, 0.3) is 11.0 Å². The molecule has 6 heteroatoms. The number of fused-ring (bicyclic) bond motifs is 1. The minimum atomic E-state index is -0.465. The van der Waals surface area contributed by atoms with Crippen LogP contribution in [0.1, 0.15) is 31.1 Å². The topological polar surface area (TPSA) is 46.9 Å². The molecule has 4 nitrogen and oxygen atoms in total. The van der Waals surface area contributed by atoms with Gasteiger partial charge in [-0.1, -0.05) is 12.1 Å². The summed E-state index contributed by atoms with van der Waals surface area (Å²) in [4.78, 5) is 17.1. The number of carbonyl (C=O) groups excluding carboxylic acids is 1. The molecule has 0 unspecified atom stereocenters. The van der Waals surface area contributed by atoms with Gasteiger partial charge in [0.05, 0.1) is 16.6 Å². The fraction of sp³-hybridized carbons (Fsp3) is 0.222. The molecule has 0 aliphatic rings. The van der Waals surface area contributed by atoms with Gasteiger partial charge in [0.1, 0.15) is 5.82 Å². The number of halogens is 2. The van der Waals surface area contributed by atoms with Crippen molar-refractivity contribution in [2.45, 2.75) is 26.3 Å². The lowest BCUT2D eigenvalue weighted by molar-refractivity contribution is 0.102. The Morgan fingerprint density at radius 2 is 1.92 bits per heavy atom. The molecule has 0 saturated heterocycles. The summed E-state index contributed by atoms with van der Waals surface area (Å²) in [5.41, 5.74) is 1.67. The van der Waals surface area contributed by atoms with Crippen LogP contribution in [-0.4, -0.2) is 15.5 Å². The molecule has 0 aliphatic heterocycles. The monoisotopic (exact) mass is 389 g/mol. The second-order valence-electron chi connectivity index (χ2n) is 6.51. The lowest BCUT2D eigenvalue weighted by Crippen LogP contribution is -2.26. The average Bonchev–Trinajstić information content (AvgIpc) is 2.87. The van der Waals surface area contributed by atoms with Gasteiger partial charge in [0.25, 0.3) is 5.91 Å². The van der Waals surface area contributed by atoms with Crippen molar-refractivity contribution in [3.8, 4) is 0 Å². The molecule has 1 N–H and O–H groups in total. The number of hydrogen-bond donors (Lipinski definition) is 1. The maximum Gasteiger partial charge on any atom is 0.259 e. The Hall–Kier alpha value is -2.21. The molecule has 24 heavy (non-hydrogen) atoms. The largest absolute Gasteiger partial charge is 0.305 e. The van der Waals surface area contributed by atoms with Crippen LogP contribution in [0.15, 0.2) is 46.9 Å². The van der Waals surface area contributed by atoms with Crippen molar-refractivity contribution in [1.82, 2.24) is 9.55 Å². The van der Waals surface area contributed by atoms with Gasteiger partial charge in [-0.3, -0.25) is 10.1 Å². The number of nitrogens with zero attached hydrogens (tertiary/aromatic N) is 2. The predicted octanol–water partition coefficient (Wildman–Crippen LogP) is 4.95. The number of amides is 1. The maximum atomic E-state index is 13.5. The van der Waals surface area contributed by atoms with Crippen LogP contribution >= 0.6 is 15.9 Å². The number of imidazole rings is 1. The first-order chi connectivity index (χ1) is 11.3. The zero-order chi connectivity index (χ0) is 17.5. The molecular weight excluding hydrogens is 373 g/mol. The Bertz CT molecular complexity index is 928. The highest BCUT2D eigenvalue weighted by Gasteiger charge is 2.23. The van der Waals surface area contributed by atoms with Crippen LogP contribution in [0.2, 0.25) is 0 Å². The van der Waals surface area contributed by atoms with Crippen LogP contribution in [0.4, 0.5) is 10.3 Å². The molecule has 0 spiro atoms. The van der Waals surface area contributed by atoms with Crippen molar-refractivity contribution >= 4 is 38.8 Å². The second kappa shape index (κ2) is 6.02. The first-order valence-corrected chi connectivity index (χ1v) is 8.31. The number of carbonyl (C=O) groups is 1. The molecule has 3 aromatic rings. The molecule has 1 aromatic heterocycles. The van der Waals surface area contributed by atoms with Gasteiger partial charge >= 0.3 is 0 Å². The minimum Gasteiger partial charge on any atom is -0.305 e. The van der Waals surface area contributed by atoms with Crippen LogP contribution in [0, 0.1) is 5.82 Å². The molecule has 3 rings (SSSR count). The Labute approximate surface area is 147 Å². The molecule has 124 valence electrons. The molecule has 0 bridgehead atoms. The molecule has 1 amide bonds. The van der Waals surface area contributed by atoms with E-state index in [1.165, 1.54) is 18.2 Å². The number of para-hydroxylation sites is 2. The lowest BCUT2D eigenvalue weighted by Gasteiger charge is -2.24. The fourth-order valence-corrected chi connectivity index (χ4v) is 3.06. The summed E-state index contributed by atoms with van der Waals surface area (Å²) in [7, 11) is 0. The predicted molar refractivity (Wildman–Crippen MR) is 96.8 cm³/mol. The number of anilines is 1. The lowest BCUT2D eigenvalue weighted by atomic mass is 10.1. The summed E-state index contributed by atoms with van der Waals surface area (Å²) < 4.78 is 16.0. The Balaban J connectivity index is 2.07. The van der Waals surface area contributed by atoms with E-state index in [9.17, 15) is 9.18 Å². The zero-order valence-electron chi connectivity index (χ0n) is 13.6. The van der Waals surface area contributed by atoms with Crippen LogP contribution in [-0.2, 0) is 5.54 Å². The van der Waals surface area contributed by atoms with Gasteiger partial charge in [-0.25, -0.2) is 9.37 Å². The van der Waals surface area contributed by atoms with Crippen molar-refractivity contribution < 1.29 is 9.18 Å². The van der Waals surface area contributed by atoms with Gasteiger partial charge in [0.15, 0.2) is 0 Å². The highest BCUT2D eigenvalue weighted by atomic mass is 79.9. The van der Waals surface area contributed by atoms with E-state index in [1.54, 1.807) is 0 Å². The van der Waals surface area contributed by atoms with Gasteiger partial charge in [-0.05, 0) is 67.0 Å². The molecule has 0 radical (unpaired) electrons. The Kier molecular flexibility index (Phi) is 4.17. The van der Waals surface area contributed by atoms with Gasteiger partial charge in [-0.2, -0.15) is 0 Å². The van der Waals surface area contributed by atoms with Crippen molar-refractivity contribution in [3.63, 3.8) is 0 Å². The Morgan fingerprint density at radius 3 is 2.62 bits per heavy atom. The van der Waals surface area contributed by atoms with Gasteiger partial charge < -0.3 is 4.57 Å². The molecular formula is C18H17BrFN3O. The van der Waals surface area contributed by atoms with E-state index < -0.39 is 11.7 Å². The number of nitrogens with one attached hydrogen (secondary N) is 1. The maximum absolute atomic E-state index is 13.5. The molecule has 0 fully saturated rings. The van der Waals surface area contributed by atoms with Crippen molar-refractivity contribution in [1.29, 1.82) is 0 Å². The minimum absolute atomic E-state index is 0.225. The van der Waals surface area contributed by atoms with Crippen molar-refractivity contribution in [3.05, 3.63) is 58.3 Å². The number of rotatable bonds is 2. The quantitative estimate of drug-likeness (QED) is 0.674. The van der Waals surface area contributed by atoms with E-state index in [0.29, 0.717) is 10.4 Å². The summed E-state index contributed by atoms with van der Waals surface area (Å²) >= 11 is 3.28. The summed E-state index contributed by atoms with van der Waals surface area (Å²) in [6, 6.07) is 11.7. The third kappa shape index (κ3) is 3.06. The zero-order valence-corrected chi connectivity index (χ0v) is 15.2. The van der Waals surface area contributed by atoms with Crippen molar-refractivity contribution in [2.75, 3.05) is 5.32 Å². The highest BCUT2D eigenvalue weighted by Crippen LogP contribution is 2.28. The summed E-state index contributed by atoms with van der Waals surface area (Å²) in [5.74, 6) is -0.445. The Morgan fingerprint density at radius 1 is 1.21 bits per heavy atom. The second-order valence-corrected chi connectivity index (χ2v) is 7.36. The summed E-state index contributed by atoms with van der Waals surface area (Å²) in [6.45, 7) is 6.11. The van der Waals surface area contributed by atoms with Crippen LogP contribution in [0.3, 0.4) is 0 Å². The standard InChI is InChI=1S/C18H17BrFN3O/c1-18(2,3)23-15-7-5-4-6-14(15)21-17(23)22-16(24)12-10-11(20)8-9-13(12)19/h4-10H,1-3H3,(H,21,22,24). The van der Waals surface area contributed by atoms with E-state index in [1.807, 2.05) is 49.6 Å². The number of benzene rings is 2. The highest BCUT2D eigenvalue weighted by molar-refractivity contribution is 9.10. The van der Waals surface area contributed by atoms with Crippen LogP contribution < -0.4 is 5.32 Å².